The van der Waals surface area contributed by atoms with Gasteiger partial charge in [-0.2, -0.15) is 0 Å². The summed E-state index contributed by atoms with van der Waals surface area (Å²) in [5.41, 5.74) is 6.43. The van der Waals surface area contributed by atoms with Crippen molar-refractivity contribution in [2.24, 2.45) is 0 Å². The molecule has 1 radical (unpaired) electrons. The fraction of sp³-hybridized carbons (Fsp3) is 0.0714. The SMILES string of the molecule is N#C[B][n+]1ccc(C(=O)NNCc2cccc(F)c2)cc1. The molecule has 1 amide bonds. The van der Waals surface area contributed by atoms with E-state index in [0.29, 0.717) is 12.1 Å². The van der Waals surface area contributed by atoms with Gasteiger partial charge in [0.25, 0.3) is 5.91 Å². The number of pyridine rings is 1. The van der Waals surface area contributed by atoms with Crippen LogP contribution in [0.2, 0.25) is 0 Å². The Morgan fingerprint density at radius 3 is 2.76 bits per heavy atom. The van der Waals surface area contributed by atoms with E-state index in [2.05, 4.69) is 10.9 Å². The van der Waals surface area contributed by atoms with Crippen LogP contribution in [0, 0.1) is 17.0 Å². The van der Waals surface area contributed by atoms with Crippen molar-refractivity contribution in [2.45, 2.75) is 6.54 Å². The number of carbonyl (C=O) groups is 1. The maximum Gasteiger partial charge on any atom is 0.671 e. The number of aromatic nitrogens is 1. The van der Waals surface area contributed by atoms with Gasteiger partial charge in [0.15, 0.2) is 0 Å². The molecule has 21 heavy (non-hydrogen) atoms. The molecule has 0 spiro atoms. The third kappa shape index (κ3) is 4.40. The fourth-order valence-electron chi connectivity index (χ4n) is 1.69. The lowest BCUT2D eigenvalue weighted by Crippen LogP contribution is -2.40. The van der Waals surface area contributed by atoms with Gasteiger partial charge in [0.05, 0.1) is 5.56 Å². The van der Waals surface area contributed by atoms with Gasteiger partial charge in [-0.1, -0.05) is 12.1 Å². The lowest BCUT2D eigenvalue weighted by molar-refractivity contribution is -0.527. The molecule has 0 saturated carbocycles. The average Bonchev–Trinajstić information content (AvgIpc) is 2.48. The molecule has 2 aromatic rings. The van der Waals surface area contributed by atoms with Crippen LogP contribution in [0.1, 0.15) is 15.9 Å². The van der Waals surface area contributed by atoms with Gasteiger partial charge < -0.3 is 0 Å². The quantitative estimate of drug-likeness (QED) is 0.619. The Hall–Kier alpha value is -2.72. The highest BCUT2D eigenvalue weighted by Crippen LogP contribution is 2.02. The minimum Gasteiger partial charge on any atom is -0.287 e. The van der Waals surface area contributed by atoms with Crippen LogP contribution in [0.3, 0.4) is 0 Å². The summed E-state index contributed by atoms with van der Waals surface area (Å²) in [7, 11) is 1.31. The topological polar surface area (TPSA) is 68.8 Å². The summed E-state index contributed by atoms with van der Waals surface area (Å²) in [6.07, 6.45) is 3.20. The van der Waals surface area contributed by atoms with E-state index in [9.17, 15) is 9.18 Å². The van der Waals surface area contributed by atoms with E-state index in [1.807, 2.05) is 5.97 Å². The molecule has 0 aliphatic carbocycles. The minimum atomic E-state index is -0.318. The molecule has 0 atom stereocenters. The van der Waals surface area contributed by atoms with Gasteiger partial charge in [-0.15, -0.1) is 0 Å². The Balaban J connectivity index is 1.85. The number of hydrogen-bond donors (Lipinski definition) is 2. The van der Waals surface area contributed by atoms with Crippen LogP contribution in [-0.4, -0.2) is 13.3 Å². The first-order valence-electron chi connectivity index (χ1n) is 6.20. The number of amides is 1. The molecule has 1 aromatic carbocycles. The third-order valence-corrected chi connectivity index (χ3v) is 2.70. The molecule has 2 N–H and O–H groups in total. The predicted octanol–water partition coefficient (Wildman–Crippen LogP) is 0.496. The summed E-state index contributed by atoms with van der Waals surface area (Å²) >= 11 is 0. The van der Waals surface area contributed by atoms with Crippen LogP contribution in [0.4, 0.5) is 4.39 Å². The van der Waals surface area contributed by atoms with E-state index in [4.69, 9.17) is 5.26 Å². The van der Waals surface area contributed by atoms with Crippen molar-refractivity contribution in [2.75, 3.05) is 0 Å². The van der Waals surface area contributed by atoms with Crippen molar-refractivity contribution in [1.29, 1.82) is 5.26 Å². The highest BCUT2D eigenvalue weighted by atomic mass is 19.1. The molecule has 0 saturated heterocycles. The van der Waals surface area contributed by atoms with Crippen LogP contribution in [0.15, 0.2) is 48.8 Å². The molecule has 0 bridgehead atoms. The summed E-state index contributed by atoms with van der Waals surface area (Å²) in [5.74, 6) is 1.26. The number of halogens is 1. The van der Waals surface area contributed by atoms with Gasteiger partial charge in [-0.3, -0.25) is 14.7 Å². The van der Waals surface area contributed by atoms with Crippen LogP contribution in [0.5, 0.6) is 0 Å². The molecular weight excluding hydrogens is 270 g/mol. The van der Waals surface area contributed by atoms with Gasteiger partial charge in [0.2, 0.25) is 0 Å². The lowest BCUT2D eigenvalue weighted by Gasteiger charge is -2.07. The fourth-order valence-corrected chi connectivity index (χ4v) is 1.69. The monoisotopic (exact) mass is 282 g/mol. The highest BCUT2D eigenvalue weighted by Gasteiger charge is 2.09. The van der Waals surface area contributed by atoms with Crippen molar-refractivity contribution >= 4 is 13.3 Å². The van der Waals surface area contributed by atoms with Crippen molar-refractivity contribution in [3.05, 3.63) is 65.7 Å². The van der Waals surface area contributed by atoms with Crippen LogP contribution in [-0.2, 0) is 6.54 Å². The molecule has 0 aliphatic heterocycles. The van der Waals surface area contributed by atoms with Gasteiger partial charge in [0.1, 0.15) is 24.2 Å². The second kappa shape index (κ2) is 7.17. The normalized spacial score (nSPS) is 9.71. The summed E-state index contributed by atoms with van der Waals surface area (Å²) in [6.45, 7) is 0.318. The summed E-state index contributed by atoms with van der Waals surface area (Å²) < 4.78 is 14.5. The molecule has 1 aromatic heterocycles. The Morgan fingerprint density at radius 2 is 2.10 bits per heavy atom. The first kappa shape index (κ1) is 14.7. The highest BCUT2D eigenvalue weighted by molar-refractivity contribution is 6.35. The third-order valence-electron chi connectivity index (χ3n) is 2.70. The Labute approximate surface area is 122 Å². The number of nitrogens with one attached hydrogen (secondary N) is 2. The first-order valence-corrected chi connectivity index (χ1v) is 6.20. The zero-order valence-corrected chi connectivity index (χ0v) is 11.1. The van der Waals surface area contributed by atoms with Gasteiger partial charge in [-0.25, -0.2) is 15.1 Å². The van der Waals surface area contributed by atoms with Crippen molar-refractivity contribution in [3.63, 3.8) is 0 Å². The van der Waals surface area contributed by atoms with E-state index in [-0.39, 0.29) is 11.7 Å². The molecule has 103 valence electrons. The van der Waals surface area contributed by atoms with Crippen LogP contribution >= 0.6 is 0 Å². The average molecular weight is 282 g/mol. The maximum atomic E-state index is 13.0. The lowest BCUT2D eigenvalue weighted by atomic mass is 9.98. The molecule has 2 rings (SSSR count). The van der Waals surface area contributed by atoms with Crippen molar-refractivity contribution in [3.8, 4) is 5.97 Å². The van der Waals surface area contributed by atoms with Gasteiger partial charge in [-0.05, 0) is 17.7 Å². The number of benzene rings is 1. The Bertz CT molecular complexity index is 669. The van der Waals surface area contributed by atoms with Crippen LogP contribution < -0.4 is 15.3 Å². The molecule has 0 aliphatic rings. The molecule has 0 unspecified atom stereocenters. The zero-order valence-electron chi connectivity index (χ0n) is 11.1. The summed E-state index contributed by atoms with van der Waals surface area (Å²) in [4.78, 5) is 11.8. The second-order valence-corrected chi connectivity index (χ2v) is 4.23. The van der Waals surface area contributed by atoms with Crippen LogP contribution in [0.25, 0.3) is 0 Å². The van der Waals surface area contributed by atoms with E-state index < -0.39 is 0 Å². The largest absolute Gasteiger partial charge is 0.671 e. The number of rotatable bonds is 5. The number of nitrogens with zero attached hydrogens (tertiary/aromatic N) is 2. The van der Waals surface area contributed by atoms with E-state index in [1.165, 1.54) is 24.0 Å². The maximum absolute atomic E-state index is 13.0. The number of nitriles is 1. The molecule has 1 heterocycles. The molecule has 7 heteroatoms. The van der Waals surface area contributed by atoms with Gasteiger partial charge in [0, 0.05) is 18.7 Å². The van der Waals surface area contributed by atoms with Crippen molar-refractivity contribution < 1.29 is 13.7 Å². The minimum absolute atomic E-state index is 0.310. The van der Waals surface area contributed by atoms with E-state index in [1.54, 1.807) is 36.7 Å². The smallest absolute Gasteiger partial charge is 0.287 e. The number of carbonyl (C=O) groups excluding carboxylic acids is 1. The predicted molar refractivity (Wildman–Crippen MR) is 74.1 cm³/mol. The molecule has 5 nitrogen and oxygen atoms in total. The molecule has 0 fully saturated rings. The first-order chi connectivity index (χ1) is 10.2. The van der Waals surface area contributed by atoms with Crippen molar-refractivity contribution in [1.82, 2.24) is 10.9 Å². The van der Waals surface area contributed by atoms with E-state index >= 15 is 0 Å². The number of hydrazine groups is 1. The summed E-state index contributed by atoms with van der Waals surface area (Å²) in [5, 5.41) is 8.50. The Morgan fingerprint density at radius 1 is 1.33 bits per heavy atom. The second-order valence-electron chi connectivity index (χ2n) is 4.23. The molecular formula is C14H12BFN4O+. The zero-order chi connectivity index (χ0) is 15.1. The van der Waals surface area contributed by atoms with Gasteiger partial charge >= 0.3 is 7.41 Å². The number of hydrogen-bond acceptors (Lipinski definition) is 3. The Kier molecular flexibility index (Phi) is 5.02. The van der Waals surface area contributed by atoms with E-state index in [0.717, 1.165) is 5.56 Å². The summed E-state index contributed by atoms with van der Waals surface area (Å²) in [6, 6.07) is 9.29. The standard InChI is InChI=1S/C14H12BFN4O/c16-13-3-1-2-11(8-13)9-18-19-14(21)12-4-6-20(7-5-12)15-10-17/h1-8,18H,9H2,(H,19,21)/q+1.